The van der Waals surface area contributed by atoms with E-state index in [0.717, 1.165) is 25.7 Å². The van der Waals surface area contributed by atoms with Crippen LogP contribution in [0.3, 0.4) is 0 Å². The molecular formula is C15H20FN5O4. The first-order chi connectivity index (χ1) is 12.1. The van der Waals surface area contributed by atoms with Crippen molar-refractivity contribution in [1.82, 2.24) is 19.5 Å². The number of aromatic nitrogens is 4. The maximum atomic E-state index is 14.4. The maximum absolute atomic E-state index is 14.4. The molecule has 2 fully saturated rings. The van der Waals surface area contributed by atoms with Crippen LogP contribution in [0.1, 0.15) is 31.9 Å². The highest BCUT2D eigenvalue weighted by atomic mass is 19.1. The molecule has 4 rings (SSSR count). The summed E-state index contributed by atoms with van der Waals surface area (Å²) in [6.45, 7) is -0.488. The number of nitrogens with two attached hydrogens (primary N) is 1. The molecule has 136 valence electrons. The number of fused-ring (bicyclic) bond motifs is 1. The Bertz CT molecular complexity index is 766. The number of ether oxygens (including phenoxy) is 2. The quantitative estimate of drug-likeness (QED) is 0.717. The van der Waals surface area contributed by atoms with Gasteiger partial charge in [0.05, 0.1) is 12.9 Å². The molecular weight excluding hydrogens is 333 g/mol. The third-order valence-corrected chi connectivity index (χ3v) is 4.75. The van der Waals surface area contributed by atoms with Gasteiger partial charge in [-0.1, -0.05) is 0 Å². The number of halogens is 1. The van der Waals surface area contributed by atoms with Crippen LogP contribution in [0, 0.1) is 0 Å². The first kappa shape index (κ1) is 16.4. The SMILES string of the molecule is Nc1nc(OC2CCCC2)nc2c1ncn2[C@@H]1O[C@H](CO)[C@@H](O)[C@@H]1F. The normalized spacial score (nSPS) is 30.4. The van der Waals surface area contributed by atoms with Crippen LogP contribution in [-0.4, -0.2) is 60.8 Å². The number of aliphatic hydroxyl groups is 2. The lowest BCUT2D eigenvalue weighted by atomic mass is 10.1. The van der Waals surface area contributed by atoms with E-state index in [4.69, 9.17) is 15.2 Å². The van der Waals surface area contributed by atoms with Gasteiger partial charge in [-0.25, -0.2) is 9.37 Å². The number of hydrogen-bond acceptors (Lipinski definition) is 8. The number of aliphatic hydroxyl groups excluding tert-OH is 2. The zero-order chi connectivity index (χ0) is 17.6. The molecule has 4 N–H and O–H groups in total. The number of imidazole rings is 1. The first-order valence-corrected chi connectivity index (χ1v) is 8.33. The standard InChI is InChI=1S/C15H20FN5O4/c16-9-11(23)8(5-22)25-14(9)21-6-18-10-12(17)19-15(20-13(10)21)24-7-3-1-2-4-7/h6-9,11,14,22-23H,1-5H2,(H2,17,19,20)/t8-,9+,11-,14-/m1/s1. The highest BCUT2D eigenvalue weighted by Crippen LogP contribution is 2.34. The van der Waals surface area contributed by atoms with Crippen molar-refractivity contribution in [1.29, 1.82) is 0 Å². The fraction of sp³-hybridized carbons (Fsp3) is 0.667. The molecule has 2 aliphatic rings. The monoisotopic (exact) mass is 353 g/mol. The van der Waals surface area contributed by atoms with Gasteiger partial charge in [-0.2, -0.15) is 9.97 Å². The van der Waals surface area contributed by atoms with Gasteiger partial charge in [-0.05, 0) is 25.7 Å². The number of anilines is 1. The van der Waals surface area contributed by atoms with Crippen molar-refractivity contribution in [2.75, 3.05) is 12.3 Å². The lowest BCUT2D eigenvalue weighted by Gasteiger charge is -2.16. The highest BCUT2D eigenvalue weighted by molar-refractivity contribution is 5.82. The van der Waals surface area contributed by atoms with Crippen LogP contribution in [0.2, 0.25) is 0 Å². The molecule has 1 saturated heterocycles. The molecule has 10 heteroatoms. The summed E-state index contributed by atoms with van der Waals surface area (Å²) in [5, 5.41) is 19.0. The third kappa shape index (κ3) is 2.79. The summed E-state index contributed by atoms with van der Waals surface area (Å²) in [6.07, 6.45) is 0.110. The molecule has 25 heavy (non-hydrogen) atoms. The highest BCUT2D eigenvalue weighted by Gasteiger charge is 2.45. The Morgan fingerprint density at radius 1 is 1.36 bits per heavy atom. The Balaban J connectivity index is 1.68. The fourth-order valence-electron chi connectivity index (χ4n) is 3.39. The van der Waals surface area contributed by atoms with Crippen molar-refractivity contribution < 1.29 is 24.1 Å². The molecule has 9 nitrogen and oxygen atoms in total. The molecule has 0 amide bonds. The van der Waals surface area contributed by atoms with E-state index in [0.29, 0.717) is 5.52 Å². The van der Waals surface area contributed by atoms with Gasteiger partial charge in [0.15, 0.2) is 29.4 Å². The average Bonchev–Trinajstić information content (AvgIpc) is 3.30. The van der Waals surface area contributed by atoms with Crippen LogP contribution in [0.4, 0.5) is 10.2 Å². The van der Waals surface area contributed by atoms with Gasteiger partial charge < -0.3 is 25.4 Å². The summed E-state index contributed by atoms with van der Waals surface area (Å²) in [5.41, 5.74) is 6.49. The van der Waals surface area contributed by atoms with E-state index in [-0.39, 0.29) is 23.6 Å². The second kappa shape index (κ2) is 6.36. The Morgan fingerprint density at radius 3 is 2.80 bits per heavy atom. The predicted octanol–water partition coefficient (Wildman–Crippen LogP) is 0.319. The Labute approximate surface area is 142 Å². The Hall–Kier alpha value is -2.04. The van der Waals surface area contributed by atoms with Gasteiger partial charge in [-0.3, -0.25) is 4.57 Å². The maximum Gasteiger partial charge on any atom is 0.320 e. The van der Waals surface area contributed by atoms with E-state index in [1.807, 2.05) is 0 Å². The van der Waals surface area contributed by atoms with E-state index in [1.54, 1.807) is 0 Å². The van der Waals surface area contributed by atoms with E-state index in [1.165, 1.54) is 10.9 Å². The summed E-state index contributed by atoms with van der Waals surface area (Å²) >= 11 is 0. The molecule has 1 aliphatic carbocycles. The molecule has 1 saturated carbocycles. The second-order valence-electron chi connectivity index (χ2n) is 6.42. The first-order valence-electron chi connectivity index (χ1n) is 8.33. The molecule has 1 aliphatic heterocycles. The molecule has 0 unspecified atom stereocenters. The van der Waals surface area contributed by atoms with Crippen molar-refractivity contribution in [3.63, 3.8) is 0 Å². The molecule has 0 spiro atoms. The average molecular weight is 353 g/mol. The van der Waals surface area contributed by atoms with Gasteiger partial charge >= 0.3 is 6.01 Å². The largest absolute Gasteiger partial charge is 0.460 e. The molecule has 2 aromatic heterocycles. The van der Waals surface area contributed by atoms with Crippen LogP contribution in [0.15, 0.2) is 6.33 Å². The molecule has 0 aromatic carbocycles. The van der Waals surface area contributed by atoms with Gasteiger partial charge in [0.25, 0.3) is 0 Å². The van der Waals surface area contributed by atoms with Crippen LogP contribution >= 0.6 is 0 Å². The smallest absolute Gasteiger partial charge is 0.320 e. The van der Waals surface area contributed by atoms with E-state index < -0.39 is 31.2 Å². The molecule has 0 radical (unpaired) electrons. The van der Waals surface area contributed by atoms with E-state index in [9.17, 15) is 14.6 Å². The fourth-order valence-corrected chi connectivity index (χ4v) is 3.39. The van der Waals surface area contributed by atoms with Crippen LogP contribution < -0.4 is 10.5 Å². The summed E-state index contributed by atoms with van der Waals surface area (Å²) in [6, 6.07) is 0.117. The Morgan fingerprint density at radius 2 is 2.12 bits per heavy atom. The summed E-state index contributed by atoms with van der Waals surface area (Å²) in [5.74, 6) is 0.129. The van der Waals surface area contributed by atoms with Crippen LogP contribution in [-0.2, 0) is 4.74 Å². The van der Waals surface area contributed by atoms with Crippen molar-refractivity contribution >= 4 is 17.0 Å². The van der Waals surface area contributed by atoms with Crippen LogP contribution in [0.5, 0.6) is 6.01 Å². The number of hydrogen-bond donors (Lipinski definition) is 3. The predicted molar refractivity (Wildman–Crippen MR) is 84.5 cm³/mol. The van der Waals surface area contributed by atoms with E-state index >= 15 is 0 Å². The zero-order valence-electron chi connectivity index (χ0n) is 13.5. The summed E-state index contributed by atoms with van der Waals surface area (Å²) in [7, 11) is 0. The minimum Gasteiger partial charge on any atom is -0.460 e. The van der Waals surface area contributed by atoms with Crippen LogP contribution in [0.25, 0.3) is 11.2 Å². The minimum atomic E-state index is -1.73. The topological polar surface area (TPSA) is 129 Å². The molecule has 4 atom stereocenters. The van der Waals surface area contributed by atoms with E-state index in [2.05, 4.69) is 15.0 Å². The lowest BCUT2D eigenvalue weighted by Crippen LogP contribution is -2.30. The minimum absolute atomic E-state index is 0.0467. The third-order valence-electron chi connectivity index (χ3n) is 4.75. The zero-order valence-corrected chi connectivity index (χ0v) is 13.5. The lowest BCUT2D eigenvalue weighted by molar-refractivity contribution is -0.0459. The number of nitrogens with zero attached hydrogens (tertiary/aromatic N) is 4. The van der Waals surface area contributed by atoms with Crippen molar-refractivity contribution in [2.45, 2.75) is 56.4 Å². The molecule has 0 bridgehead atoms. The van der Waals surface area contributed by atoms with Gasteiger partial charge in [0.2, 0.25) is 0 Å². The van der Waals surface area contributed by atoms with Gasteiger partial charge in [-0.15, -0.1) is 0 Å². The van der Waals surface area contributed by atoms with Gasteiger partial charge in [0, 0.05) is 0 Å². The number of alkyl halides is 1. The summed E-state index contributed by atoms with van der Waals surface area (Å²) < 4.78 is 26.9. The Kier molecular flexibility index (Phi) is 4.18. The van der Waals surface area contributed by atoms with Crippen molar-refractivity contribution in [2.24, 2.45) is 0 Å². The van der Waals surface area contributed by atoms with Crippen molar-refractivity contribution in [3.05, 3.63) is 6.33 Å². The van der Waals surface area contributed by atoms with Gasteiger partial charge in [0.1, 0.15) is 18.3 Å². The number of rotatable bonds is 4. The number of nitrogen functional groups attached to an aromatic ring is 1. The van der Waals surface area contributed by atoms with Crippen molar-refractivity contribution in [3.8, 4) is 6.01 Å². The second-order valence-corrected chi connectivity index (χ2v) is 6.42. The summed E-state index contributed by atoms with van der Waals surface area (Å²) in [4.78, 5) is 12.5. The molecule has 3 heterocycles. The molecule has 2 aromatic rings.